The number of nitrogens with zero attached hydrogens (tertiary/aromatic N) is 2. The van der Waals surface area contributed by atoms with Crippen LogP contribution < -0.4 is 5.32 Å². The lowest BCUT2D eigenvalue weighted by molar-refractivity contribution is 0.0754. The Morgan fingerprint density at radius 3 is 3.00 bits per heavy atom. The summed E-state index contributed by atoms with van der Waals surface area (Å²) in [6.45, 7) is 7.02. The van der Waals surface area contributed by atoms with Crippen molar-refractivity contribution in [3.05, 3.63) is 18.2 Å². The number of nitrogens with one attached hydrogen (secondary N) is 1. The maximum Gasteiger partial charge on any atom is 0.0948 e. The van der Waals surface area contributed by atoms with Crippen LogP contribution in [-0.4, -0.2) is 28.3 Å². The second-order valence-corrected chi connectivity index (χ2v) is 5.36. The molecule has 1 aromatic rings. The lowest BCUT2D eigenvalue weighted by atomic mass is 10.3. The molecule has 0 spiro atoms. The van der Waals surface area contributed by atoms with Crippen LogP contribution >= 0.6 is 0 Å². The summed E-state index contributed by atoms with van der Waals surface area (Å²) in [6.07, 6.45) is 9.19. The molecule has 1 heterocycles. The number of hydrogen-bond acceptors (Lipinski definition) is 3. The monoisotopic (exact) mass is 251 g/mol. The first kappa shape index (κ1) is 13.6. The molecular formula is C14H25N3O. The first-order chi connectivity index (χ1) is 8.75. The maximum atomic E-state index is 5.54. The summed E-state index contributed by atoms with van der Waals surface area (Å²) in [7, 11) is 0. The number of imidazole rings is 1. The molecule has 4 nitrogen and oxygen atoms in total. The third-order valence-corrected chi connectivity index (χ3v) is 3.19. The van der Waals surface area contributed by atoms with Gasteiger partial charge in [0.25, 0.3) is 0 Å². The van der Waals surface area contributed by atoms with Crippen molar-refractivity contribution in [3.63, 3.8) is 0 Å². The van der Waals surface area contributed by atoms with Crippen molar-refractivity contribution in [3.8, 4) is 0 Å². The van der Waals surface area contributed by atoms with Gasteiger partial charge in [-0.25, -0.2) is 4.98 Å². The zero-order valence-corrected chi connectivity index (χ0v) is 11.6. The Labute approximate surface area is 110 Å². The minimum absolute atomic E-state index is 0.344. The summed E-state index contributed by atoms with van der Waals surface area (Å²) in [5.41, 5.74) is 1.30. The molecule has 0 unspecified atom stereocenters. The molecule has 0 aromatic carbocycles. The molecule has 0 atom stereocenters. The molecule has 2 rings (SSSR count). The minimum Gasteiger partial charge on any atom is -0.379 e. The second-order valence-electron chi connectivity index (χ2n) is 5.36. The number of hydrogen-bond donors (Lipinski definition) is 1. The summed E-state index contributed by atoms with van der Waals surface area (Å²) in [4.78, 5) is 4.24. The Kier molecular flexibility index (Phi) is 5.20. The highest BCUT2D eigenvalue weighted by molar-refractivity contribution is 4.99. The molecule has 102 valence electrons. The SMILES string of the molecule is CC(C)OCCCCn1cncc1CNC1CC1. The van der Waals surface area contributed by atoms with Gasteiger partial charge < -0.3 is 14.6 Å². The fourth-order valence-electron chi connectivity index (χ4n) is 1.94. The lowest BCUT2D eigenvalue weighted by Crippen LogP contribution is -2.18. The number of unbranched alkanes of at least 4 members (excludes halogenated alkanes) is 1. The van der Waals surface area contributed by atoms with E-state index in [9.17, 15) is 0 Å². The van der Waals surface area contributed by atoms with Gasteiger partial charge in [-0.3, -0.25) is 0 Å². The Morgan fingerprint density at radius 2 is 2.28 bits per heavy atom. The highest BCUT2D eigenvalue weighted by Crippen LogP contribution is 2.19. The molecule has 1 fully saturated rings. The smallest absolute Gasteiger partial charge is 0.0948 e. The van der Waals surface area contributed by atoms with Crippen molar-refractivity contribution in [1.82, 2.24) is 14.9 Å². The topological polar surface area (TPSA) is 39.1 Å². The largest absolute Gasteiger partial charge is 0.379 e. The van der Waals surface area contributed by atoms with Gasteiger partial charge in [-0.05, 0) is 39.5 Å². The van der Waals surface area contributed by atoms with Gasteiger partial charge in [-0.15, -0.1) is 0 Å². The van der Waals surface area contributed by atoms with E-state index in [0.29, 0.717) is 6.10 Å². The fourth-order valence-corrected chi connectivity index (χ4v) is 1.94. The molecule has 1 aliphatic rings. The van der Waals surface area contributed by atoms with Crippen LogP contribution in [0.1, 0.15) is 45.2 Å². The van der Waals surface area contributed by atoms with E-state index in [1.165, 1.54) is 18.5 Å². The molecule has 18 heavy (non-hydrogen) atoms. The molecule has 0 bridgehead atoms. The Bertz CT molecular complexity index is 345. The van der Waals surface area contributed by atoms with E-state index in [-0.39, 0.29) is 0 Å². The summed E-state index contributed by atoms with van der Waals surface area (Å²) in [5.74, 6) is 0. The number of ether oxygens (including phenoxy) is 1. The normalized spacial score (nSPS) is 15.5. The lowest BCUT2D eigenvalue weighted by Gasteiger charge is -2.10. The zero-order valence-electron chi connectivity index (χ0n) is 11.6. The van der Waals surface area contributed by atoms with Gasteiger partial charge in [0.2, 0.25) is 0 Å². The van der Waals surface area contributed by atoms with Crippen LogP contribution in [0.3, 0.4) is 0 Å². The molecule has 1 N–H and O–H groups in total. The summed E-state index contributed by atoms with van der Waals surface area (Å²) >= 11 is 0. The van der Waals surface area contributed by atoms with E-state index >= 15 is 0 Å². The molecule has 0 aliphatic heterocycles. The van der Waals surface area contributed by atoms with Crippen LogP contribution in [0.25, 0.3) is 0 Å². The molecule has 0 amide bonds. The summed E-state index contributed by atoms with van der Waals surface area (Å²) < 4.78 is 7.80. The van der Waals surface area contributed by atoms with Gasteiger partial charge >= 0.3 is 0 Å². The molecular weight excluding hydrogens is 226 g/mol. The van der Waals surface area contributed by atoms with Gasteiger partial charge in [-0.1, -0.05) is 0 Å². The van der Waals surface area contributed by atoms with E-state index in [0.717, 1.165) is 38.6 Å². The second kappa shape index (κ2) is 6.90. The fraction of sp³-hybridized carbons (Fsp3) is 0.786. The van der Waals surface area contributed by atoms with Crippen molar-refractivity contribution in [2.45, 2.75) is 64.8 Å². The van der Waals surface area contributed by atoms with Gasteiger partial charge in [-0.2, -0.15) is 0 Å². The molecule has 0 radical (unpaired) electrons. The minimum atomic E-state index is 0.344. The van der Waals surface area contributed by atoms with Crippen LogP contribution in [0, 0.1) is 0 Å². The molecule has 1 aromatic heterocycles. The molecule has 0 saturated heterocycles. The van der Waals surface area contributed by atoms with Crippen LogP contribution in [-0.2, 0) is 17.8 Å². The average Bonchev–Trinajstić information content (AvgIpc) is 3.06. The molecule has 1 saturated carbocycles. The van der Waals surface area contributed by atoms with Crippen molar-refractivity contribution < 1.29 is 4.74 Å². The average molecular weight is 251 g/mol. The van der Waals surface area contributed by atoms with Crippen molar-refractivity contribution >= 4 is 0 Å². The standard InChI is InChI=1S/C14H25N3O/c1-12(2)18-8-4-3-7-17-11-15-9-14(17)10-16-13-5-6-13/h9,11-13,16H,3-8,10H2,1-2H3. The highest BCUT2D eigenvalue weighted by atomic mass is 16.5. The highest BCUT2D eigenvalue weighted by Gasteiger charge is 2.20. The maximum absolute atomic E-state index is 5.54. The van der Waals surface area contributed by atoms with Gasteiger partial charge in [0.1, 0.15) is 0 Å². The van der Waals surface area contributed by atoms with Crippen molar-refractivity contribution in [1.29, 1.82) is 0 Å². The van der Waals surface area contributed by atoms with Crippen LogP contribution in [0.2, 0.25) is 0 Å². The van der Waals surface area contributed by atoms with Gasteiger partial charge in [0.05, 0.1) is 18.1 Å². The Balaban J connectivity index is 1.63. The number of rotatable bonds is 9. The van der Waals surface area contributed by atoms with Crippen molar-refractivity contribution in [2.75, 3.05) is 6.61 Å². The third kappa shape index (κ3) is 4.78. The van der Waals surface area contributed by atoms with E-state index in [1.807, 2.05) is 12.5 Å². The Hall–Kier alpha value is -0.870. The predicted molar refractivity (Wildman–Crippen MR) is 72.4 cm³/mol. The first-order valence-electron chi connectivity index (χ1n) is 7.09. The van der Waals surface area contributed by atoms with E-state index in [2.05, 4.69) is 28.7 Å². The predicted octanol–water partition coefficient (Wildman–Crippen LogP) is 2.34. The van der Waals surface area contributed by atoms with Gasteiger partial charge in [0, 0.05) is 31.9 Å². The van der Waals surface area contributed by atoms with Crippen LogP contribution in [0.4, 0.5) is 0 Å². The molecule has 1 aliphatic carbocycles. The zero-order chi connectivity index (χ0) is 12.8. The van der Waals surface area contributed by atoms with E-state index in [4.69, 9.17) is 4.74 Å². The number of aryl methyl sites for hydroxylation is 1. The van der Waals surface area contributed by atoms with E-state index < -0.39 is 0 Å². The Morgan fingerprint density at radius 1 is 1.44 bits per heavy atom. The van der Waals surface area contributed by atoms with Crippen LogP contribution in [0.5, 0.6) is 0 Å². The van der Waals surface area contributed by atoms with E-state index in [1.54, 1.807) is 0 Å². The summed E-state index contributed by atoms with van der Waals surface area (Å²) in [5, 5.41) is 3.53. The number of aromatic nitrogens is 2. The quantitative estimate of drug-likeness (QED) is 0.685. The van der Waals surface area contributed by atoms with Gasteiger partial charge in [0.15, 0.2) is 0 Å². The van der Waals surface area contributed by atoms with Crippen molar-refractivity contribution in [2.24, 2.45) is 0 Å². The summed E-state index contributed by atoms with van der Waals surface area (Å²) in [6, 6.07) is 0.757. The van der Waals surface area contributed by atoms with Crippen LogP contribution in [0.15, 0.2) is 12.5 Å². The third-order valence-electron chi connectivity index (χ3n) is 3.19. The first-order valence-corrected chi connectivity index (χ1v) is 7.09. The molecule has 4 heteroatoms.